The SMILES string of the molecule is CCNC(=NCC1CCCN(C(C)C)C1)NC1CCN(C(=O)OCC)CC1.I. The lowest BCUT2D eigenvalue weighted by Gasteiger charge is -2.35. The summed E-state index contributed by atoms with van der Waals surface area (Å²) in [5.41, 5.74) is 0. The van der Waals surface area contributed by atoms with Crippen molar-refractivity contribution in [1.82, 2.24) is 20.4 Å². The van der Waals surface area contributed by atoms with Gasteiger partial charge in [-0.3, -0.25) is 4.99 Å². The number of piperidine rings is 2. The van der Waals surface area contributed by atoms with Crippen LogP contribution in [0.5, 0.6) is 0 Å². The average Bonchev–Trinajstić information content (AvgIpc) is 2.67. The number of aliphatic imine (C=N–C) groups is 1. The van der Waals surface area contributed by atoms with E-state index in [0.29, 0.717) is 24.6 Å². The Balaban J connectivity index is 0.00000392. The first-order chi connectivity index (χ1) is 13.0. The van der Waals surface area contributed by atoms with Gasteiger partial charge in [0.1, 0.15) is 0 Å². The number of carbonyl (C=O) groups is 1. The van der Waals surface area contributed by atoms with E-state index in [2.05, 4.69) is 36.3 Å². The molecule has 0 aromatic heterocycles. The molecule has 2 rings (SSSR count). The molecule has 0 aromatic rings. The van der Waals surface area contributed by atoms with Gasteiger partial charge in [-0.25, -0.2) is 4.79 Å². The van der Waals surface area contributed by atoms with Crippen LogP contribution in [0.3, 0.4) is 0 Å². The fourth-order valence-corrected chi connectivity index (χ4v) is 3.87. The topological polar surface area (TPSA) is 69.2 Å². The van der Waals surface area contributed by atoms with Gasteiger partial charge in [-0.2, -0.15) is 0 Å². The summed E-state index contributed by atoms with van der Waals surface area (Å²) in [5.74, 6) is 1.55. The van der Waals surface area contributed by atoms with Gasteiger partial charge in [0.25, 0.3) is 0 Å². The number of halogens is 1. The van der Waals surface area contributed by atoms with Crippen molar-refractivity contribution in [3.63, 3.8) is 0 Å². The van der Waals surface area contributed by atoms with Gasteiger partial charge in [-0.15, -0.1) is 24.0 Å². The number of hydrogen-bond acceptors (Lipinski definition) is 4. The van der Waals surface area contributed by atoms with Crippen molar-refractivity contribution in [1.29, 1.82) is 0 Å². The maximum Gasteiger partial charge on any atom is 0.409 e. The molecule has 7 nitrogen and oxygen atoms in total. The molecular weight excluding hydrogens is 469 g/mol. The fourth-order valence-electron chi connectivity index (χ4n) is 3.87. The summed E-state index contributed by atoms with van der Waals surface area (Å²) in [6.45, 7) is 14.5. The minimum Gasteiger partial charge on any atom is -0.450 e. The number of hydrogen-bond donors (Lipinski definition) is 2. The molecule has 8 heteroatoms. The molecule has 2 aliphatic rings. The van der Waals surface area contributed by atoms with Gasteiger partial charge < -0.3 is 25.2 Å². The molecule has 1 amide bonds. The summed E-state index contributed by atoms with van der Waals surface area (Å²) in [6, 6.07) is 0.972. The molecule has 0 radical (unpaired) electrons. The first-order valence-corrected chi connectivity index (χ1v) is 10.7. The summed E-state index contributed by atoms with van der Waals surface area (Å²) in [7, 11) is 0. The maximum atomic E-state index is 11.8. The summed E-state index contributed by atoms with van der Waals surface area (Å²) >= 11 is 0. The van der Waals surface area contributed by atoms with Crippen molar-refractivity contribution < 1.29 is 9.53 Å². The Hall–Kier alpha value is -0.770. The molecule has 2 aliphatic heterocycles. The number of carbonyl (C=O) groups excluding carboxylic acids is 1. The van der Waals surface area contributed by atoms with E-state index in [-0.39, 0.29) is 30.1 Å². The summed E-state index contributed by atoms with van der Waals surface area (Å²) in [4.78, 5) is 21.1. The second kappa shape index (κ2) is 13.5. The van der Waals surface area contributed by atoms with E-state index in [9.17, 15) is 4.79 Å². The van der Waals surface area contributed by atoms with Gasteiger partial charge in [0, 0.05) is 44.8 Å². The number of guanidine groups is 1. The summed E-state index contributed by atoms with van der Waals surface area (Å²) in [5, 5.41) is 6.95. The van der Waals surface area contributed by atoms with Crippen molar-refractivity contribution in [2.75, 3.05) is 45.9 Å². The average molecular weight is 509 g/mol. The lowest BCUT2D eigenvalue weighted by molar-refractivity contribution is 0.0963. The highest BCUT2D eigenvalue weighted by Crippen LogP contribution is 2.18. The predicted molar refractivity (Wildman–Crippen MR) is 126 cm³/mol. The van der Waals surface area contributed by atoms with Crippen LogP contribution in [0.25, 0.3) is 0 Å². The van der Waals surface area contributed by atoms with Crippen LogP contribution in [0.1, 0.15) is 53.4 Å². The molecule has 0 aliphatic carbocycles. The van der Waals surface area contributed by atoms with Crippen LogP contribution >= 0.6 is 24.0 Å². The van der Waals surface area contributed by atoms with Crippen LogP contribution in [-0.4, -0.2) is 79.8 Å². The largest absolute Gasteiger partial charge is 0.450 e. The van der Waals surface area contributed by atoms with Gasteiger partial charge in [0.2, 0.25) is 0 Å². The molecule has 0 spiro atoms. The molecule has 0 saturated carbocycles. The zero-order chi connectivity index (χ0) is 19.6. The Bertz CT molecular complexity index is 481. The van der Waals surface area contributed by atoms with E-state index in [0.717, 1.165) is 51.5 Å². The lowest BCUT2D eigenvalue weighted by atomic mass is 9.97. The zero-order valence-electron chi connectivity index (χ0n) is 18.1. The summed E-state index contributed by atoms with van der Waals surface area (Å²) < 4.78 is 5.09. The standard InChI is InChI=1S/C20H39N5O2.HI/c1-5-21-19(22-14-17-8-7-11-25(15-17)16(3)4)23-18-9-12-24(13-10-18)20(26)27-6-2;/h16-18H,5-15H2,1-4H3,(H2,21,22,23);1H. The molecule has 2 heterocycles. The van der Waals surface area contributed by atoms with Crippen molar-refractivity contribution >= 4 is 36.0 Å². The molecule has 0 aromatic carbocycles. The first-order valence-electron chi connectivity index (χ1n) is 10.7. The maximum absolute atomic E-state index is 11.8. The van der Waals surface area contributed by atoms with E-state index < -0.39 is 0 Å². The molecule has 1 unspecified atom stereocenters. The van der Waals surface area contributed by atoms with Gasteiger partial charge >= 0.3 is 6.09 Å². The number of nitrogens with zero attached hydrogens (tertiary/aromatic N) is 3. The lowest BCUT2D eigenvalue weighted by Crippen LogP contribution is -2.50. The monoisotopic (exact) mass is 509 g/mol. The fraction of sp³-hybridized carbons (Fsp3) is 0.900. The van der Waals surface area contributed by atoms with Crippen LogP contribution in [0.2, 0.25) is 0 Å². The van der Waals surface area contributed by atoms with Crippen molar-refractivity contribution in [2.45, 2.75) is 65.5 Å². The second-order valence-corrected chi connectivity index (χ2v) is 7.92. The Morgan fingerprint density at radius 3 is 2.50 bits per heavy atom. The molecule has 28 heavy (non-hydrogen) atoms. The van der Waals surface area contributed by atoms with E-state index >= 15 is 0 Å². The van der Waals surface area contributed by atoms with E-state index in [1.165, 1.54) is 19.4 Å². The Morgan fingerprint density at radius 1 is 1.18 bits per heavy atom. The third-order valence-electron chi connectivity index (χ3n) is 5.49. The molecule has 2 N–H and O–H groups in total. The van der Waals surface area contributed by atoms with Gasteiger partial charge in [-0.1, -0.05) is 0 Å². The van der Waals surface area contributed by atoms with Crippen molar-refractivity contribution in [3.05, 3.63) is 0 Å². The molecular formula is C20H40IN5O2. The number of likely N-dealkylation sites (tertiary alicyclic amines) is 2. The van der Waals surface area contributed by atoms with Crippen LogP contribution in [0.4, 0.5) is 4.79 Å². The third-order valence-corrected chi connectivity index (χ3v) is 5.49. The first kappa shape index (κ1) is 25.3. The predicted octanol–water partition coefficient (Wildman–Crippen LogP) is 2.90. The third kappa shape index (κ3) is 8.31. The number of rotatable bonds is 6. The highest BCUT2D eigenvalue weighted by Gasteiger charge is 2.25. The van der Waals surface area contributed by atoms with Gasteiger partial charge in [0.15, 0.2) is 5.96 Å². The van der Waals surface area contributed by atoms with Crippen molar-refractivity contribution in [3.8, 4) is 0 Å². The molecule has 1 atom stereocenters. The number of nitrogens with one attached hydrogen (secondary N) is 2. The van der Waals surface area contributed by atoms with E-state index in [4.69, 9.17) is 9.73 Å². The minimum absolute atomic E-state index is 0. The van der Waals surface area contributed by atoms with Crippen LogP contribution in [0.15, 0.2) is 4.99 Å². The van der Waals surface area contributed by atoms with Crippen LogP contribution in [-0.2, 0) is 4.74 Å². The van der Waals surface area contributed by atoms with Crippen LogP contribution in [0, 0.1) is 5.92 Å². The number of amides is 1. The summed E-state index contributed by atoms with van der Waals surface area (Å²) in [6.07, 6.45) is 4.20. The van der Waals surface area contributed by atoms with Crippen molar-refractivity contribution in [2.24, 2.45) is 10.9 Å². The highest BCUT2D eigenvalue weighted by molar-refractivity contribution is 14.0. The van der Waals surface area contributed by atoms with Crippen LogP contribution < -0.4 is 10.6 Å². The molecule has 2 saturated heterocycles. The van der Waals surface area contributed by atoms with Gasteiger partial charge in [-0.05, 0) is 65.8 Å². The molecule has 2 fully saturated rings. The quantitative estimate of drug-likeness (QED) is 0.328. The van der Waals surface area contributed by atoms with E-state index in [1.54, 1.807) is 4.90 Å². The highest BCUT2D eigenvalue weighted by atomic mass is 127. The Kier molecular flexibility index (Phi) is 12.1. The zero-order valence-corrected chi connectivity index (χ0v) is 20.4. The normalized spacial score (nSPS) is 22.0. The molecule has 0 bridgehead atoms. The smallest absolute Gasteiger partial charge is 0.409 e. The Morgan fingerprint density at radius 2 is 1.89 bits per heavy atom. The molecule has 164 valence electrons. The van der Waals surface area contributed by atoms with Gasteiger partial charge in [0.05, 0.1) is 6.61 Å². The second-order valence-electron chi connectivity index (χ2n) is 7.92. The minimum atomic E-state index is -0.191. The number of ether oxygens (including phenoxy) is 1. The van der Waals surface area contributed by atoms with E-state index in [1.807, 2.05) is 6.92 Å². The Labute approximate surface area is 188 Å².